The molecule has 0 aliphatic heterocycles. The molecule has 2 N–H and O–H groups in total. The zero-order chi connectivity index (χ0) is 13.7. The summed E-state index contributed by atoms with van der Waals surface area (Å²) in [7, 11) is 1.65. The molecule has 1 aromatic heterocycles. The lowest BCUT2D eigenvalue weighted by Crippen LogP contribution is -2.42. The Morgan fingerprint density at radius 2 is 2.22 bits per heavy atom. The predicted molar refractivity (Wildman–Crippen MR) is 65.2 cm³/mol. The Labute approximate surface area is 106 Å². The van der Waals surface area contributed by atoms with E-state index < -0.39 is 12.0 Å². The Morgan fingerprint density at radius 3 is 2.72 bits per heavy atom. The van der Waals surface area contributed by atoms with Crippen molar-refractivity contribution in [1.29, 1.82) is 0 Å². The molecule has 0 spiro atoms. The van der Waals surface area contributed by atoms with Crippen molar-refractivity contribution in [3.63, 3.8) is 0 Å². The number of aryl methyl sites for hydroxylation is 1. The van der Waals surface area contributed by atoms with Gasteiger partial charge in [0.15, 0.2) is 0 Å². The average Bonchev–Trinajstić information content (AvgIpc) is 2.62. The van der Waals surface area contributed by atoms with Gasteiger partial charge >= 0.3 is 12.0 Å². The van der Waals surface area contributed by atoms with Crippen LogP contribution in [0.5, 0.6) is 0 Å². The fraction of sp³-hybridized carbons (Fsp3) is 0.500. The molecule has 0 fully saturated rings. The number of rotatable bonds is 5. The zero-order valence-corrected chi connectivity index (χ0v) is 10.8. The van der Waals surface area contributed by atoms with Crippen molar-refractivity contribution < 1.29 is 19.1 Å². The molecule has 6 nitrogen and oxygen atoms in total. The van der Waals surface area contributed by atoms with E-state index in [9.17, 15) is 9.59 Å². The van der Waals surface area contributed by atoms with Crippen molar-refractivity contribution in [2.24, 2.45) is 0 Å². The van der Waals surface area contributed by atoms with Crippen LogP contribution in [-0.2, 0) is 11.3 Å². The number of nitrogens with one attached hydrogen (secondary N) is 1. The third kappa shape index (κ3) is 4.12. The first-order chi connectivity index (χ1) is 8.40. The van der Waals surface area contributed by atoms with Crippen LogP contribution in [0, 0.1) is 6.92 Å². The van der Waals surface area contributed by atoms with Crippen molar-refractivity contribution >= 4 is 12.0 Å². The summed E-state index contributed by atoms with van der Waals surface area (Å²) >= 11 is 0. The van der Waals surface area contributed by atoms with Crippen molar-refractivity contribution in [1.82, 2.24) is 10.2 Å². The highest BCUT2D eigenvalue weighted by Gasteiger charge is 2.15. The maximum absolute atomic E-state index is 11.8. The summed E-state index contributed by atoms with van der Waals surface area (Å²) in [5.74, 6) is -0.163. The van der Waals surface area contributed by atoms with Gasteiger partial charge in [0, 0.05) is 18.7 Å². The smallest absolute Gasteiger partial charge is 0.317 e. The number of carbonyl (C=O) groups is 2. The Hall–Kier alpha value is -1.98. The highest BCUT2D eigenvalue weighted by Crippen LogP contribution is 2.11. The van der Waals surface area contributed by atoms with Gasteiger partial charge in [-0.25, -0.2) is 4.79 Å². The molecular weight excluding hydrogens is 236 g/mol. The number of carboxylic acid groups (broad SMARTS) is 1. The fourth-order valence-corrected chi connectivity index (χ4v) is 1.54. The van der Waals surface area contributed by atoms with Gasteiger partial charge in [-0.15, -0.1) is 0 Å². The van der Waals surface area contributed by atoms with Gasteiger partial charge in [-0.1, -0.05) is 0 Å². The zero-order valence-electron chi connectivity index (χ0n) is 10.8. The minimum Gasteiger partial charge on any atom is -0.481 e. The van der Waals surface area contributed by atoms with E-state index in [-0.39, 0.29) is 12.5 Å². The fourth-order valence-electron chi connectivity index (χ4n) is 1.54. The second-order valence-corrected chi connectivity index (χ2v) is 4.31. The molecule has 6 heteroatoms. The van der Waals surface area contributed by atoms with E-state index in [0.717, 1.165) is 11.3 Å². The monoisotopic (exact) mass is 254 g/mol. The molecule has 100 valence electrons. The molecule has 1 heterocycles. The van der Waals surface area contributed by atoms with E-state index in [1.807, 2.05) is 6.92 Å². The van der Waals surface area contributed by atoms with Crippen LogP contribution in [0.2, 0.25) is 0 Å². The van der Waals surface area contributed by atoms with Gasteiger partial charge in [0.05, 0.1) is 19.2 Å². The lowest BCUT2D eigenvalue weighted by atomic mass is 10.2. The van der Waals surface area contributed by atoms with Gasteiger partial charge in [0.1, 0.15) is 5.76 Å². The second-order valence-electron chi connectivity index (χ2n) is 4.31. The summed E-state index contributed by atoms with van der Waals surface area (Å²) in [6.45, 7) is 3.91. The Bertz CT molecular complexity index is 427. The average molecular weight is 254 g/mol. The summed E-state index contributed by atoms with van der Waals surface area (Å²) < 4.78 is 5.14. The summed E-state index contributed by atoms with van der Waals surface area (Å²) in [6, 6.07) is 1.10. The second kappa shape index (κ2) is 6.09. The summed E-state index contributed by atoms with van der Waals surface area (Å²) in [6.07, 6.45) is 1.48. The van der Waals surface area contributed by atoms with Crippen LogP contribution >= 0.6 is 0 Å². The molecule has 2 amide bonds. The number of amides is 2. The SMILES string of the molecule is Cc1occc1CN(C)C(=O)NC(C)CC(=O)O. The molecular formula is C12H18N2O4. The first kappa shape index (κ1) is 14.1. The third-order valence-corrected chi connectivity index (χ3v) is 2.57. The quantitative estimate of drug-likeness (QED) is 0.836. The number of aliphatic carboxylic acids is 1. The maximum atomic E-state index is 11.8. The highest BCUT2D eigenvalue weighted by molar-refractivity contribution is 5.75. The molecule has 0 saturated carbocycles. The summed E-state index contributed by atoms with van der Waals surface area (Å²) in [5.41, 5.74) is 0.929. The van der Waals surface area contributed by atoms with Gasteiger partial charge in [-0.05, 0) is 19.9 Å². The van der Waals surface area contributed by atoms with Crippen molar-refractivity contribution in [3.05, 3.63) is 23.7 Å². The molecule has 0 radical (unpaired) electrons. The normalized spacial score (nSPS) is 11.9. The van der Waals surface area contributed by atoms with E-state index >= 15 is 0 Å². The molecule has 1 atom stereocenters. The van der Waals surface area contributed by atoms with Crippen LogP contribution in [0.25, 0.3) is 0 Å². The van der Waals surface area contributed by atoms with Gasteiger partial charge in [-0.3, -0.25) is 4.79 Å². The Balaban J connectivity index is 2.47. The summed E-state index contributed by atoms with van der Waals surface area (Å²) in [5, 5.41) is 11.2. The van der Waals surface area contributed by atoms with Crippen molar-refractivity contribution in [3.8, 4) is 0 Å². The maximum Gasteiger partial charge on any atom is 0.317 e. The number of furan rings is 1. The standard InChI is InChI=1S/C12H18N2O4/c1-8(6-11(15)16)13-12(17)14(3)7-10-4-5-18-9(10)2/h4-5,8H,6-7H2,1-3H3,(H,13,17)(H,15,16). The largest absolute Gasteiger partial charge is 0.481 e. The minimum atomic E-state index is -0.934. The van der Waals surface area contributed by atoms with Gasteiger partial charge in [0.25, 0.3) is 0 Å². The number of urea groups is 1. The van der Waals surface area contributed by atoms with Crippen LogP contribution in [0.4, 0.5) is 4.79 Å². The van der Waals surface area contributed by atoms with E-state index in [2.05, 4.69) is 5.32 Å². The lowest BCUT2D eigenvalue weighted by Gasteiger charge is -2.20. The molecule has 1 rings (SSSR count). The van der Waals surface area contributed by atoms with Gasteiger partial charge in [-0.2, -0.15) is 0 Å². The van der Waals surface area contributed by atoms with Gasteiger partial charge < -0.3 is 19.7 Å². The van der Waals surface area contributed by atoms with Crippen LogP contribution in [0.3, 0.4) is 0 Å². The topological polar surface area (TPSA) is 82.8 Å². The van der Waals surface area contributed by atoms with E-state index in [0.29, 0.717) is 6.54 Å². The van der Waals surface area contributed by atoms with Crippen molar-refractivity contribution in [2.75, 3.05) is 7.05 Å². The highest BCUT2D eigenvalue weighted by atomic mass is 16.4. The first-order valence-electron chi connectivity index (χ1n) is 5.66. The summed E-state index contributed by atoms with van der Waals surface area (Å²) in [4.78, 5) is 23.7. The van der Waals surface area contributed by atoms with E-state index in [1.165, 1.54) is 4.90 Å². The van der Waals surface area contributed by atoms with E-state index in [1.54, 1.807) is 26.3 Å². The molecule has 0 aromatic carbocycles. The number of hydrogen-bond acceptors (Lipinski definition) is 3. The van der Waals surface area contributed by atoms with Crippen molar-refractivity contribution in [2.45, 2.75) is 32.9 Å². The number of hydrogen-bond donors (Lipinski definition) is 2. The molecule has 1 aromatic rings. The van der Waals surface area contributed by atoms with E-state index in [4.69, 9.17) is 9.52 Å². The number of carboxylic acids is 1. The van der Waals surface area contributed by atoms with Crippen LogP contribution < -0.4 is 5.32 Å². The minimum absolute atomic E-state index is 0.0929. The van der Waals surface area contributed by atoms with Crippen LogP contribution in [0.1, 0.15) is 24.7 Å². The Morgan fingerprint density at radius 1 is 1.56 bits per heavy atom. The molecule has 0 aliphatic rings. The first-order valence-corrected chi connectivity index (χ1v) is 5.66. The van der Waals surface area contributed by atoms with Crippen LogP contribution in [-0.4, -0.2) is 35.1 Å². The van der Waals surface area contributed by atoms with Crippen LogP contribution in [0.15, 0.2) is 16.7 Å². The number of nitrogens with zero attached hydrogens (tertiary/aromatic N) is 1. The molecule has 0 saturated heterocycles. The third-order valence-electron chi connectivity index (χ3n) is 2.57. The number of carbonyl (C=O) groups excluding carboxylic acids is 1. The molecule has 1 unspecified atom stereocenters. The lowest BCUT2D eigenvalue weighted by molar-refractivity contribution is -0.137. The molecule has 0 aliphatic carbocycles. The molecule has 18 heavy (non-hydrogen) atoms. The Kier molecular flexibility index (Phi) is 4.76. The predicted octanol–water partition coefficient (Wildman–Crippen LogP) is 1.59. The molecule has 0 bridgehead atoms. The van der Waals surface area contributed by atoms with Gasteiger partial charge in [0.2, 0.25) is 0 Å².